The van der Waals surface area contributed by atoms with Crippen LogP contribution in [0.1, 0.15) is 63.5 Å². The second kappa shape index (κ2) is 16.6. The lowest BCUT2D eigenvalue weighted by Gasteiger charge is -2.16. The first kappa shape index (κ1) is 40.7. The maximum absolute atomic E-state index is 14.6. The van der Waals surface area contributed by atoms with Gasteiger partial charge in [0.15, 0.2) is 23.4 Å². The summed E-state index contributed by atoms with van der Waals surface area (Å²) in [4.78, 5) is 54.5. The van der Waals surface area contributed by atoms with Crippen molar-refractivity contribution in [3.8, 4) is 22.8 Å². The highest BCUT2D eigenvalue weighted by molar-refractivity contribution is 6.04. The number of fused-ring (bicyclic) bond motifs is 2. The lowest BCUT2D eigenvalue weighted by Crippen LogP contribution is -2.20. The fourth-order valence-corrected chi connectivity index (χ4v) is 7.44. The Kier molecular flexibility index (Phi) is 10.7. The number of amides is 2. The molecule has 10 rings (SSSR count). The molecule has 322 valence electrons. The molecule has 0 radical (unpaired) electrons. The van der Waals surface area contributed by atoms with Gasteiger partial charge in [-0.1, -0.05) is 0 Å². The number of nitrogens with one attached hydrogen (secondary N) is 2. The molecule has 8 heterocycles. The quantitative estimate of drug-likeness (QED) is 0.163. The number of alkyl halides is 1. The highest BCUT2D eigenvalue weighted by atomic mass is 19.1. The Balaban J connectivity index is 0.000000160. The molecule has 1 unspecified atom stereocenters. The van der Waals surface area contributed by atoms with Gasteiger partial charge in [0.2, 0.25) is 11.5 Å². The van der Waals surface area contributed by atoms with Crippen molar-refractivity contribution in [3.05, 3.63) is 108 Å². The minimum absolute atomic E-state index is 0.0911. The first-order chi connectivity index (χ1) is 30.3. The van der Waals surface area contributed by atoms with Crippen LogP contribution in [0.3, 0.4) is 0 Å². The number of anilines is 4. The monoisotopic (exact) mass is 860 g/mol. The molecule has 1 atom stereocenters. The average molecular weight is 861 g/mol. The van der Waals surface area contributed by atoms with Gasteiger partial charge in [-0.05, 0) is 69.5 Å². The Bertz CT molecular complexity index is 3030. The van der Waals surface area contributed by atoms with E-state index in [9.17, 15) is 22.8 Å². The van der Waals surface area contributed by atoms with Crippen LogP contribution in [0.2, 0.25) is 0 Å². The molecule has 2 amide bonds. The van der Waals surface area contributed by atoms with Crippen molar-refractivity contribution in [2.45, 2.75) is 53.1 Å². The lowest BCUT2D eigenvalue weighted by molar-refractivity contribution is 0.0987. The second-order valence-corrected chi connectivity index (χ2v) is 15.1. The number of benzene rings is 2. The summed E-state index contributed by atoms with van der Waals surface area (Å²) in [5.41, 5.74) is 3.62. The summed E-state index contributed by atoms with van der Waals surface area (Å²) in [6, 6.07) is 8.31. The Morgan fingerprint density at radius 1 is 0.667 bits per heavy atom. The first-order valence-corrected chi connectivity index (χ1v) is 20.0. The zero-order valence-electron chi connectivity index (χ0n) is 34.4. The van der Waals surface area contributed by atoms with E-state index in [2.05, 4.69) is 55.6 Å². The summed E-state index contributed by atoms with van der Waals surface area (Å²) in [6.07, 6.45) is 8.80. The van der Waals surface area contributed by atoms with Crippen LogP contribution in [0.25, 0.3) is 34.3 Å². The van der Waals surface area contributed by atoms with E-state index in [0.717, 1.165) is 31.6 Å². The molecule has 2 aromatic carbocycles. The summed E-state index contributed by atoms with van der Waals surface area (Å²) in [5.74, 6) is -0.0668. The van der Waals surface area contributed by atoms with Crippen molar-refractivity contribution in [2.24, 2.45) is 0 Å². The van der Waals surface area contributed by atoms with Gasteiger partial charge in [0.1, 0.15) is 17.8 Å². The third-order valence-electron chi connectivity index (χ3n) is 10.5. The highest BCUT2D eigenvalue weighted by Crippen LogP contribution is 2.28. The summed E-state index contributed by atoms with van der Waals surface area (Å²) < 4.78 is 56.3. The van der Waals surface area contributed by atoms with Gasteiger partial charge in [-0.3, -0.25) is 9.59 Å². The van der Waals surface area contributed by atoms with E-state index in [1.807, 2.05) is 11.1 Å². The summed E-state index contributed by atoms with van der Waals surface area (Å²) >= 11 is 0. The molecular weight excluding hydrogens is 822 g/mol. The molecule has 6 aromatic heterocycles. The zero-order chi connectivity index (χ0) is 43.9. The maximum Gasteiger partial charge on any atom is 0.293 e. The van der Waals surface area contributed by atoms with Crippen LogP contribution >= 0.6 is 0 Å². The number of carbonyl (C=O) groups excluding carboxylic acids is 2. The highest BCUT2D eigenvalue weighted by Gasteiger charge is 2.24. The van der Waals surface area contributed by atoms with Crippen molar-refractivity contribution in [2.75, 3.05) is 46.6 Å². The molecule has 2 saturated heterocycles. The minimum atomic E-state index is -0.867. The Hall–Kier alpha value is -7.71. The number of oxazole rings is 2. The minimum Gasteiger partial charge on any atom is -0.436 e. The van der Waals surface area contributed by atoms with Crippen molar-refractivity contribution >= 4 is 46.1 Å². The third-order valence-corrected chi connectivity index (χ3v) is 10.5. The van der Waals surface area contributed by atoms with E-state index in [1.165, 1.54) is 40.9 Å². The molecule has 2 fully saturated rings. The van der Waals surface area contributed by atoms with Gasteiger partial charge in [0.25, 0.3) is 23.4 Å². The third kappa shape index (κ3) is 8.48. The second-order valence-electron chi connectivity index (χ2n) is 15.1. The van der Waals surface area contributed by atoms with E-state index in [4.69, 9.17) is 8.83 Å². The Morgan fingerprint density at radius 2 is 1.14 bits per heavy atom. The summed E-state index contributed by atoms with van der Waals surface area (Å²) in [5, 5.41) is 14.1. The average Bonchev–Trinajstić information content (AvgIpc) is 4.13. The van der Waals surface area contributed by atoms with E-state index >= 15 is 0 Å². The Morgan fingerprint density at radius 3 is 1.57 bits per heavy atom. The summed E-state index contributed by atoms with van der Waals surface area (Å²) in [6.45, 7) is 9.52. The van der Waals surface area contributed by atoms with Crippen LogP contribution in [0, 0.1) is 39.3 Å². The lowest BCUT2D eigenvalue weighted by atomic mass is 10.1. The number of aromatic nitrogens is 10. The van der Waals surface area contributed by atoms with E-state index in [1.54, 1.807) is 50.8 Å². The van der Waals surface area contributed by atoms with Gasteiger partial charge in [-0.2, -0.15) is 9.97 Å². The predicted octanol–water partition coefficient (Wildman–Crippen LogP) is 6.72. The number of hydrogen-bond donors (Lipinski definition) is 2. The molecule has 2 aliphatic heterocycles. The number of halogens is 3. The van der Waals surface area contributed by atoms with Gasteiger partial charge >= 0.3 is 0 Å². The van der Waals surface area contributed by atoms with Crippen LogP contribution in [0.4, 0.5) is 35.9 Å². The van der Waals surface area contributed by atoms with Crippen molar-refractivity contribution in [3.63, 3.8) is 0 Å². The summed E-state index contributed by atoms with van der Waals surface area (Å²) in [7, 11) is 0. The molecule has 0 saturated carbocycles. The predicted molar refractivity (Wildman–Crippen MR) is 223 cm³/mol. The number of rotatable bonds is 8. The molecule has 0 bridgehead atoms. The van der Waals surface area contributed by atoms with Gasteiger partial charge in [0.05, 0.1) is 58.7 Å². The zero-order valence-corrected chi connectivity index (χ0v) is 34.4. The molecule has 21 heteroatoms. The first-order valence-electron chi connectivity index (χ1n) is 20.0. The molecule has 0 spiro atoms. The number of carbonyl (C=O) groups is 2. The number of hydrogen-bond acceptors (Lipinski definition) is 14. The topological polar surface area (TPSA) is 203 Å². The van der Waals surface area contributed by atoms with E-state index in [0.29, 0.717) is 65.5 Å². The molecule has 8 aromatic rings. The van der Waals surface area contributed by atoms with E-state index < -0.39 is 29.6 Å². The molecule has 2 aliphatic rings. The molecule has 0 aliphatic carbocycles. The smallest absolute Gasteiger partial charge is 0.293 e. The number of nitrogens with zero attached hydrogens (tertiary/aromatic N) is 12. The van der Waals surface area contributed by atoms with Crippen LogP contribution in [-0.2, 0) is 0 Å². The van der Waals surface area contributed by atoms with Gasteiger partial charge in [-0.15, -0.1) is 10.2 Å². The van der Waals surface area contributed by atoms with Crippen LogP contribution in [-0.4, -0.2) is 93.3 Å². The van der Waals surface area contributed by atoms with Crippen LogP contribution in [0.5, 0.6) is 0 Å². The fraction of sp³-hybridized carbons (Fsp3) is 0.286. The molecular formula is C42H39F3N14O4. The van der Waals surface area contributed by atoms with Crippen LogP contribution in [0.15, 0.2) is 70.0 Å². The number of aryl methyl sites for hydroxylation is 4. The Labute approximate surface area is 356 Å². The standard InChI is InChI=1S/C21H19F2N7O2.C21H20FN7O2/c1-11-18(32-12(2)25-11)20(31)26-14-3-4-17(23)16(7-14)19-27-21-24-8-15(10-30(21)28-19)29-6-5-13(22)9-29;1-12-18(31-13(2)24-12)20(30)25-14-5-6-17(22)16(9-14)19-26-21-23-10-15(11-29(21)27-19)28-7-3-4-8-28/h3-4,7-8,10,13H,5-6,9H2,1-2H3,(H,26,31);5-6,9-11H,3-4,7-8H2,1-2H3,(H,25,30). The maximum atomic E-state index is 14.6. The van der Waals surface area contributed by atoms with E-state index in [-0.39, 0.29) is 40.1 Å². The molecule has 2 N–H and O–H groups in total. The van der Waals surface area contributed by atoms with Crippen molar-refractivity contribution in [1.29, 1.82) is 0 Å². The van der Waals surface area contributed by atoms with Crippen molar-refractivity contribution < 1.29 is 31.6 Å². The van der Waals surface area contributed by atoms with Gasteiger partial charge in [-0.25, -0.2) is 42.1 Å². The normalized spacial score (nSPS) is 15.0. The largest absolute Gasteiger partial charge is 0.436 e. The SMILES string of the molecule is Cc1nc(C)c(C(=O)Nc2ccc(F)c(-c3nc4ncc(N5CCC(F)C5)cn4n3)c2)o1.Cc1nc(C)c(C(=O)Nc2ccc(F)c(-c3nc4ncc(N5CCCC5)cn4n3)c2)o1. The van der Waals surface area contributed by atoms with Gasteiger partial charge in [0, 0.05) is 51.4 Å². The van der Waals surface area contributed by atoms with Gasteiger partial charge < -0.3 is 29.3 Å². The molecule has 63 heavy (non-hydrogen) atoms. The molecule has 18 nitrogen and oxygen atoms in total. The van der Waals surface area contributed by atoms with Crippen molar-refractivity contribution in [1.82, 2.24) is 49.1 Å². The fourth-order valence-electron chi connectivity index (χ4n) is 7.44. The van der Waals surface area contributed by atoms with Crippen LogP contribution < -0.4 is 20.4 Å².